The zero-order valence-electron chi connectivity index (χ0n) is 10.3. The number of nitrogens with one attached hydrogen (secondary N) is 1. The van der Waals surface area contributed by atoms with E-state index in [2.05, 4.69) is 18.3 Å². The number of benzene rings is 1. The van der Waals surface area contributed by atoms with Crippen LogP contribution in [0, 0.1) is 5.92 Å². The third-order valence-electron chi connectivity index (χ3n) is 3.80. The fraction of sp³-hybridized carbons (Fsp3) is 0.500. The maximum atomic E-state index is 10.9. The van der Waals surface area contributed by atoms with E-state index in [0.717, 1.165) is 12.2 Å². The molecule has 96 valence electrons. The Morgan fingerprint density at radius 3 is 3.06 bits per heavy atom. The summed E-state index contributed by atoms with van der Waals surface area (Å²) in [6, 6.07) is 6.36. The molecular weight excluding hydrogens is 230 g/mol. The number of fused-ring (bicyclic) bond motifs is 1. The van der Waals surface area contributed by atoms with Crippen molar-refractivity contribution in [2.45, 2.75) is 31.9 Å². The van der Waals surface area contributed by atoms with E-state index in [-0.39, 0.29) is 18.1 Å². The predicted molar refractivity (Wildman–Crippen MR) is 66.7 cm³/mol. The van der Waals surface area contributed by atoms with Gasteiger partial charge >= 0.3 is 5.97 Å². The Morgan fingerprint density at radius 1 is 1.50 bits per heavy atom. The largest absolute Gasteiger partial charge is 0.490 e. The predicted octanol–water partition coefficient (Wildman–Crippen LogP) is 1.75. The van der Waals surface area contributed by atoms with Crippen molar-refractivity contribution < 1.29 is 14.6 Å². The molecule has 0 radical (unpaired) electrons. The molecule has 3 unspecified atom stereocenters. The van der Waals surface area contributed by atoms with E-state index in [1.54, 1.807) is 0 Å². The molecule has 2 N–H and O–H groups in total. The van der Waals surface area contributed by atoms with Gasteiger partial charge in [-0.25, -0.2) is 0 Å². The van der Waals surface area contributed by atoms with E-state index in [1.807, 2.05) is 12.1 Å². The second-order valence-electron chi connectivity index (χ2n) is 5.23. The van der Waals surface area contributed by atoms with Crippen LogP contribution in [0.25, 0.3) is 0 Å². The Balaban J connectivity index is 1.78. The molecule has 2 aliphatic heterocycles. The van der Waals surface area contributed by atoms with Crippen LogP contribution in [-0.4, -0.2) is 23.7 Å². The number of hydrogen-bond acceptors (Lipinski definition) is 3. The van der Waals surface area contributed by atoms with Gasteiger partial charge in [-0.2, -0.15) is 0 Å². The van der Waals surface area contributed by atoms with E-state index in [1.165, 1.54) is 11.1 Å². The molecular formula is C14H17NO3. The van der Waals surface area contributed by atoms with Gasteiger partial charge in [-0.15, -0.1) is 0 Å². The lowest BCUT2D eigenvalue weighted by molar-refractivity contribution is -0.141. The average Bonchev–Trinajstić information content (AvgIpc) is 2.91. The Morgan fingerprint density at radius 2 is 2.33 bits per heavy atom. The first-order valence-corrected chi connectivity index (χ1v) is 6.39. The molecule has 4 heteroatoms. The topological polar surface area (TPSA) is 58.6 Å². The third kappa shape index (κ3) is 1.97. The van der Waals surface area contributed by atoms with Crippen molar-refractivity contribution in [1.82, 2.24) is 5.32 Å². The van der Waals surface area contributed by atoms with E-state index in [4.69, 9.17) is 9.84 Å². The zero-order valence-corrected chi connectivity index (χ0v) is 10.3. The molecule has 0 amide bonds. The summed E-state index contributed by atoms with van der Waals surface area (Å²) in [6.45, 7) is 2.62. The molecule has 0 aliphatic carbocycles. The summed E-state index contributed by atoms with van der Waals surface area (Å²) in [7, 11) is 0. The van der Waals surface area contributed by atoms with Crippen LogP contribution in [-0.2, 0) is 11.2 Å². The molecule has 0 bridgehead atoms. The first kappa shape index (κ1) is 11.5. The average molecular weight is 247 g/mol. The van der Waals surface area contributed by atoms with E-state index in [9.17, 15) is 4.79 Å². The summed E-state index contributed by atoms with van der Waals surface area (Å²) in [6.07, 6.45) is 1.86. The summed E-state index contributed by atoms with van der Waals surface area (Å²) in [5, 5.41) is 12.3. The highest BCUT2D eigenvalue weighted by atomic mass is 16.5. The van der Waals surface area contributed by atoms with Gasteiger partial charge in [0.15, 0.2) is 0 Å². The van der Waals surface area contributed by atoms with Gasteiger partial charge in [0.1, 0.15) is 11.9 Å². The van der Waals surface area contributed by atoms with Gasteiger partial charge in [-0.1, -0.05) is 12.1 Å². The van der Waals surface area contributed by atoms with Crippen molar-refractivity contribution in [3.63, 3.8) is 0 Å². The van der Waals surface area contributed by atoms with Crippen molar-refractivity contribution in [2.75, 3.05) is 6.54 Å². The number of ether oxygens (including phenoxy) is 1. The molecule has 2 aliphatic rings. The number of carbonyl (C=O) groups is 1. The Kier molecular flexibility index (Phi) is 2.74. The molecule has 1 aromatic rings. The van der Waals surface area contributed by atoms with Crippen LogP contribution in [0.3, 0.4) is 0 Å². The lowest BCUT2D eigenvalue weighted by Gasteiger charge is -2.11. The van der Waals surface area contributed by atoms with E-state index < -0.39 is 5.97 Å². The number of carboxylic acid groups (broad SMARTS) is 1. The molecule has 1 fully saturated rings. The minimum absolute atomic E-state index is 0.160. The van der Waals surface area contributed by atoms with E-state index in [0.29, 0.717) is 13.0 Å². The number of aliphatic carboxylic acids is 1. The first-order chi connectivity index (χ1) is 8.63. The number of carboxylic acids is 1. The summed E-state index contributed by atoms with van der Waals surface area (Å²) >= 11 is 0. The normalized spacial score (nSPS) is 29.9. The van der Waals surface area contributed by atoms with Crippen molar-refractivity contribution in [2.24, 2.45) is 5.92 Å². The van der Waals surface area contributed by atoms with Gasteiger partial charge in [0.25, 0.3) is 0 Å². The van der Waals surface area contributed by atoms with Crippen molar-refractivity contribution in [3.05, 3.63) is 29.3 Å². The second kappa shape index (κ2) is 4.28. The minimum atomic E-state index is -0.705. The summed E-state index contributed by atoms with van der Waals surface area (Å²) in [5.74, 6) is 0.000533. The van der Waals surface area contributed by atoms with Gasteiger partial charge in [0.2, 0.25) is 0 Å². The van der Waals surface area contributed by atoms with Crippen LogP contribution >= 0.6 is 0 Å². The van der Waals surface area contributed by atoms with Crippen molar-refractivity contribution >= 4 is 5.97 Å². The van der Waals surface area contributed by atoms with Gasteiger partial charge in [-0.3, -0.25) is 4.79 Å². The summed E-state index contributed by atoms with van der Waals surface area (Å²) in [5.41, 5.74) is 2.41. The fourth-order valence-corrected chi connectivity index (χ4v) is 2.84. The second-order valence-corrected chi connectivity index (χ2v) is 5.23. The van der Waals surface area contributed by atoms with Crippen LogP contribution in [0.15, 0.2) is 18.2 Å². The van der Waals surface area contributed by atoms with Crippen molar-refractivity contribution in [3.8, 4) is 5.75 Å². The third-order valence-corrected chi connectivity index (χ3v) is 3.80. The van der Waals surface area contributed by atoms with Crippen LogP contribution in [0.5, 0.6) is 5.75 Å². The maximum absolute atomic E-state index is 10.9. The van der Waals surface area contributed by atoms with Gasteiger partial charge in [-0.05, 0) is 30.5 Å². The SMILES string of the molecule is CC1Cc2cc(C3CC(C(=O)O)CN3)ccc2O1. The minimum Gasteiger partial charge on any atom is -0.490 e. The Labute approximate surface area is 106 Å². The van der Waals surface area contributed by atoms with Crippen LogP contribution < -0.4 is 10.1 Å². The van der Waals surface area contributed by atoms with Gasteiger partial charge in [0, 0.05) is 19.0 Å². The zero-order chi connectivity index (χ0) is 12.7. The number of rotatable bonds is 2. The smallest absolute Gasteiger partial charge is 0.307 e. The molecule has 1 saturated heterocycles. The van der Waals surface area contributed by atoms with Crippen LogP contribution in [0.4, 0.5) is 0 Å². The van der Waals surface area contributed by atoms with Crippen LogP contribution in [0.1, 0.15) is 30.5 Å². The fourth-order valence-electron chi connectivity index (χ4n) is 2.84. The molecule has 0 saturated carbocycles. The maximum Gasteiger partial charge on any atom is 0.307 e. The lowest BCUT2D eigenvalue weighted by atomic mass is 9.97. The highest BCUT2D eigenvalue weighted by molar-refractivity contribution is 5.70. The monoisotopic (exact) mass is 247 g/mol. The quantitative estimate of drug-likeness (QED) is 0.836. The first-order valence-electron chi connectivity index (χ1n) is 6.39. The van der Waals surface area contributed by atoms with Gasteiger partial charge in [0.05, 0.1) is 5.92 Å². The summed E-state index contributed by atoms with van der Waals surface area (Å²) in [4.78, 5) is 10.9. The number of hydrogen-bond donors (Lipinski definition) is 2. The van der Waals surface area contributed by atoms with Crippen molar-refractivity contribution in [1.29, 1.82) is 0 Å². The standard InChI is InChI=1S/C14H17NO3/c1-8-4-10-5-9(2-3-13(10)18-8)12-6-11(7-15-12)14(16)17/h2-3,5,8,11-12,15H,4,6-7H2,1H3,(H,16,17). The Bertz CT molecular complexity index is 486. The molecule has 18 heavy (non-hydrogen) atoms. The summed E-state index contributed by atoms with van der Waals surface area (Å²) < 4.78 is 5.67. The molecule has 0 aromatic heterocycles. The molecule has 2 heterocycles. The molecule has 3 atom stereocenters. The molecule has 3 rings (SSSR count). The van der Waals surface area contributed by atoms with E-state index >= 15 is 0 Å². The van der Waals surface area contributed by atoms with Crippen LogP contribution in [0.2, 0.25) is 0 Å². The lowest BCUT2D eigenvalue weighted by Crippen LogP contribution is -2.17. The highest BCUT2D eigenvalue weighted by Crippen LogP contribution is 2.34. The molecule has 4 nitrogen and oxygen atoms in total. The Hall–Kier alpha value is -1.55. The molecule has 0 spiro atoms. The highest BCUT2D eigenvalue weighted by Gasteiger charge is 2.31. The molecule has 1 aromatic carbocycles. The van der Waals surface area contributed by atoms with Gasteiger partial charge < -0.3 is 15.2 Å².